The molecule has 0 bridgehead atoms. The Hall–Kier alpha value is -3.58. The number of nitro groups is 1. The number of nitriles is 1. The Labute approximate surface area is 161 Å². The van der Waals surface area contributed by atoms with Gasteiger partial charge >= 0.3 is 6.18 Å². The summed E-state index contributed by atoms with van der Waals surface area (Å²) in [6.45, 7) is 0. The first kappa shape index (κ1) is 20.7. The number of carbonyl (C=O) groups is 1. The Bertz CT molecular complexity index is 1000. The van der Waals surface area contributed by atoms with Gasteiger partial charge in [-0.1, -0.05) is 23.7 Å². The van der Waals surface area contributed by atoms with Crippen LogP contribution in [0, 0.1) is 21.4 Å². The number of nitro benzene ring substituents is 1. The van der Waals surface area contributed by atoms with Crippen LogP contribution in [0.4, 0.5) is 30.2 Å². The minimum Gasteiger partial charge on any atom is -0.360 e. The van der Waals surface area contributed by atoms with Gasteiger partial charge in [0, 0.05) is 18.0 Å². The zero-order valence-corrected chi connectivity index (χ0v) is 14.5. The van der Waals surface area contributed by atoms with E-state index in [1.807, 2.05) is 5.32 Å². The second kappa shape index (κ2) is 8.41. The highest BCUT2D eigenvalue weighted by molar-refractivity contribution is 6.32. The Morgan fingerprint density at radius 2 is 1.93 bits per heavy atom. The molecule has 0 saturated carbocycles. The number of anilines is 2. The van der Waals surface area contributed by atoms with Crippen LogP contribution in [-0.2, 0) is 11.0 Å². The number of halogens is 4. The van der Waals surface area contributed by atoms with Gasteiger partial charge in [0.25, 0.3) is 11.6 Å². The number of amides is 1. The predicted molar refractivity (Wildman–Crippen MR) is 95.5 cm³/mol. The first-order chi connectivity index (χ1) is 13.1. The van der Waals surface area contributed by atoms with Crippen molar-refractivity contribution in [1.82, 2.24) is 0 Å². The van der Waals surface area contributed by atoms with Crippen molar-refractivity contribution in [3.05, 3.63) is 74.9 Å². The molecule has 144 valence electrons. The predicted octanol–water partition coefficient (Wildman–Crippen LogP) is 4.73. The van der Waals surface area contributed by atoms with Gasteiger partial charge in [-0.25, -0.2) is 0 Å². The second-order valence-electron chi connectivity index (χ2n) is 5.23. The molecular weight excluding hydrogens is 401 g/mol. The number of alkyl halides is 3. The number of nitrogens with one attached hydrogen (secondary N) is 2. The lowest BCUT2D eigenvalue weighted by Gasteiger charge is -2.13. The van der Waals surface area contributed by atoms with Crippen LogP contribution >= 0.6 is 11.6 Å². The maximum absolute atomic E-state index is 13.0. The highest BCUT2D eigenvalue weighted by atomic mass is 35.5. The van der Waals surface area contributed by atoms with Crippen LogP contribution in [0.1, 0.15) is 5.56 Å². The molecule has 0 radical (unpaired) electrons. The van der Waals surface area contributed by atoms with Crippen molar-refractivity contribution in [3.8, 4) is 6.07 Å². The summed E-state index contributed by atoms with van der Waals surface area (Å²) in [7, 11) is 0. The summed E-state index contributed by atoms with van der Waals surface area (Å²) in [4.78, 5) is 22.3. The smallest absolute Gasteiger partial charge is 0.360 e. The van der Waals surface area contributed by atoms with Crippen molar-refractivity contribution in [2.75, 3.05) is 10.6 Å². The molecule has 2 N–H and O–H groups in total. The van der Waals surface area contributed by atoms with E-state index in [0.29, 0.717) is 0 Å². The normalized spacial score (nSPS) is 11.5. The van der Waals surface area contributed by atoms with Crippen LogP contribution in [0.2, 0.25) is 5.02 Å². The summed E-state index contributed by atoms with van der Waals surface area (Å²) in [5, 5.41) is 24.4. The quantitative estimate of drug-likeness (QED) is 0.321. The molecule has 1 amide bonds. The maximum atomic E-state index is 13.0. The minimum absolute atomic E-state index is 0.110. The van der Waals surface area contributed by atoms with Crippen LogP contribution < -0.4 is 10.6 Å². The highest BCUT2D eigenvalue weighted by Crippen LogP contribution is 2.34. The fraction of sp³-hybridized carbons (Fsp3) is 0.0588. The maximum Gasteiger partial charge on any atom is 0.418 e. The minimum atomic E-state index is -4.69. The topological polar surface area (TPSA) is 108 Å². The summed E-state index contributed by atoms with van der Waals surface area (Å²) in [5.41, 5.74) is -2.38. The molecule has 11 heteroatoms. The van der Waals surface area contributed by atoms with Gasteiger partial charge in [0.2, 0.25) is 0 Å². The summed E-state index contributed by atoms with van der Waals surface area (Å²) in [5.74, 6) is -1.09. The molecule has 0 aromatic heterocycles. The SMILES string of the molecule is N#C/C(=C/Nc1ccc(Cl)c([N+](=O)[O-])c1)C(=O)Nc1ccccc1C(F)(F)F. The molecule has 0 atom stereocenters. The van der Waals surface area contributed by atoms with E-state index in [1.165, 1.54) is 18.2 Å². The lowest BCUT2D eigenvalue weighted by Crippen LogP contribution is -2.18. The molecular formula is C17H10ClF3N4O3. The molecule has 2 aromatic rings. The van der Waals surface area contributed by atoms with Crippen molar-refractivity contribution >= 4 is 34.6 Å². The lowest BCUT2D eigenvalue weighted by molar-refractivity contribution is -0.384. The fourth-order valence-electron chi connectivity index (χ4n) is 2.08. The van der Waals surface area contributed by atoms with Gasteiger partial charge < -0.3 is 10.6 Å². The third-order valence-electron chi connectivity index (χ3n) is 3.37. The molecule has 2 aromatic carbocycles. The van der Waals surface area contributed by atoms with E-state index in [1.54, 1.807) is 6.07 Å². The van der Waals surface area contributed by atoms with Crippen LogP contribution in [0.15, 0.2) is 54.2 Å². The molecule has 0 aliphatic rings. The van der Waals surface area contributed by atoms with Gasteiger partial charge in [0.05, 0.1) is 16.2 Å². The van der Waals surface area contributed by atoms with Gasteiger partial charge in [-0.05, 0) is 24.3 Å². The van der Waals surface area contributed by atoms with Crippen molar-refractivity contribution in [3.63, 3.8) is 0 Å². The number of benzene rings is 2. The summed E-state index contributed by atoms with van der Waals surface area (Å²) in [6.07, 6.45) is -3.78. The van der Waals surface area contributed by atoms with E-state index in [9.17, 15) is 28.1 Å². The Kier molecular flexibility index (Phi) is 6.22. The fourth-order valence-corrected chi connectivity index (χ4v) is 2.26. The monoisotopic (exact) mass is 410 g/mol. The molecule has 0 unspecified atom stereocenters. The summed E-state index contributed by atoms with van der Waals surface area (Å²) < 4.78 is 38.9. The van der Waals surface area contributed by atoms with Crippen molar-refractivity contribution in [2.24, 2.45) is 0 Å². The average Bonchev–Trinajstić information content (AvgIpc) is 2.62. The van der Waals surface area contributed by atoms with Crippen LogP contribution in [0.5, 0.6) is 0 Å². The van der Waals surface area contributed by atoms with E-state index in [4.69, 9.17) is 16.9 Å². The number of hydrogen-bond donors (Lipinski definition) is 2. The summed E-state index contributed by atoms with van der Waals surface area (Å²) >= 11 is 5.68. The van der Waals surface area contributed by atoms with E-state index in [2.05, 4.69) is 5.32 Å². The zero-order valence-electron chi connectivity index (χ0n) is 13.7. The molecule has 0 aliphatic heterocycles. The van der Waals surface area contributed by atoms with Gasteiger partial charge in [-0.2, -0.15) is 18.4 Å². The van der Waals surface area contributed by atoms with Crippen molar-refractivity contribution in [1.29, 1.82) is 5.26 Å². The molecule has 7 nitrogen and oxygen atoms in total. The average molecular weight is 411 g/mol. The van der Waals surface area contributed by atoms with Crippen LogP contribution in [0.3, 0.4) is 0 Å². The molecule has 0 fully saturated rings. The van der Waals surface area contributed by atoms with Crippen LogP contribution in [-0.4, -0.2) is 10.8 Å². The molecule has 0 spiro atoms. The van der Waals surface area contributed by atoms with E-state index in [-0.39, 0.29) is 10.7 Å². The number of nitrogens with zero attached hydrogens (tertiary/aromatic N) is 2. The van der Waals surface area contributed by atoms with E-state index < -0.39 is 39.5 Å². The van der Waals surface area contributed by atoms with Gasteiger partial charge in [-0.15, -0.1) is 0 Å². The number of hydrogen-bond acceptors (Lipinski definition) is 5. The highest BCUT2D eigenvalue weighted by Gasteiger charge is 2.33. The lowest BCUT2D eigenvalue weighted by atomic mass is 10.1. The summed E-state index contributed by atoms with van der Waals surface area (Å²) in [6, 6.07) is 9.51. The van der Waals surface area contributed by atoms with Gasteiger partial charge in [0.15, 0.2) is 0 Å². The first-order valence-electron chi connectivity index (χ1n) is 7.42. The largest absolute Gasteiger partial charge is 0.418 e. The second-order valence-corrected chi connectivity index (χ2v) is 5.64. The third-order valence-corrected chi connectivity index (χ3v) is 3.69. The van der Waals surface area contributed by atoms with Crippen molar-refractivity contribution in [2.45, 2.75) is 6.18 Å². The number of carbonyl (C=O) groups excluding carboxylic acids is 1. The van der Waals surface area contributed by atoms with E-state index >= 15 is 0 Å². The third kappa shape index (κ3) is 4.99. The molecule has 2 rings (SSSR count). The molecule has 28 heavy (non-hydrogen) atoms. The molecule has 0 aliphatic carbocycles. The number of rotatable bonds is 5. The number of para-hydroxylation sites is 1. The Balaban J connectivity index is 2.23. The first-order valence-corrected chi connectivity index (χ1v) is 7.79. The van der Waals surface area contributed by atoms with Crippen LogP contribution in [0.25, 0.3) is 0 Å². The Morgan fingerprint density at radius 3 is 2.54 bits per heavy atom. The van der Waals surface area contributed by atoms with E-state index in [0.717, 1.165) is 30.5 Å². The standard InChI is InChI=1S/C17H10ClF3N4O3/c18-13-6-5-11(7-15(13)25(27)28)23-9-10(8-22)16(26)24-14-4-2-1-3-12(14)17(19,20)21/h1-7,9,23H,(H,24,26)/b10-9-. The van der Waals surface area contributed by atoms with Crippen molar-refractivity contribution < 1.29 is 22.9 Å². The van der Waals surface area contributed by atoms with Gasteiger partial charge in [-0.3, -0.25) is 14.9 Å². The molecule has 0 heterocycles. The Morgan fingerprint density at radius 1 is 1.25 bits per heavy atom. The van der Waals surface area contributed by atoms with Gasteiger partial charge in [0.1, 0.15) is 16.7 Å². The zero-order chi connectivity index (χ0) is 20.9. The molecule has 0 saturated heterocycles.